The molecule has 4 heterocycles. The van der Waals surface area contributed by atoms with E-state index in [1.807, 2.05) is 11.3 Å². The molecule has 1 aliphatic heterocycles. The van der Waals surface area contributed by atoms with Crippen LogP contribution in [0.25, 0.3) is 92.2 Å². The maximum Gasteiger partial charge on any atom is 0.212 e. The molecule has 0 radical (unpaired) electrons. The molecule has 61 heavy (non-hydrogen) atoms. The molecule has 0 atom stereocenters. The summed E-state index contributed by atoms with van der Waals surface area (Å²) >= 11 is 1.88. The van der Waals surface area contributed by atoms with Crippen molar-refractivity contribution in [3.8, 4) is 39.3 Å². The zero-order valence-corrected chi connectivity index (χ0v) is 35.7. The molecule has 12 rings (SSSR count). The van der Waals surface area contributed by atoms with Crippen LogP contribution < -0.4 is 16.2 Å². The van der Waals surface area contributed by atoms with Gasteiger partial charge in [0.2, 0.25) is 6.71 Å². The molecule has 292 valence electrons. The van der Waals surface area contributed by atoms with Crippen molar-refractivity contribution in [1.82, 2.24) is 4.57 Å². The second kappa shape index (κ2) is 13.3. The lowest BCUT2D eigenvalue weighted by atomic mass is 9.39. The van der Waals surface area contributed by atoms with Crippen molar-refractivity contribution in [2.45, 2.75) is 39.9 Å². The quantitative estimate of drug-likeness (QED) is 0.176. The molecule has 0 unspecified atom stereocenters. The van der Waals surface area contributed by atoms with Gasteiger partial charge in [0.05, 0.1) is 5.52 Å². The van der Waals surface area contributed by atoms with Crippen LogP contribution in [0, 0.1) is 6.92 Å². The van der Waals surface area contributed by atoms with Gasteiger partial charge in [-0.25, -0.2) is 0 Å². The van der Waals surface area contributed by atoms with Gasteiger partial charge in [-0.2, -0.15) is 0 Å². The molecular formula is C56H43BN2OS. The lowest BCUT2D eigenvalue weighted by Gasteiger charge is -2.28. The second-order valence-electron chi connectivity index (χ2n) is 17.8. The number of fused-ring (bicyclic) bond motifs is 9. The molecule has 1 aliphatic rings. The average Bonchev–Trinajstić information content (AvgIpc) is 3.96. The fourth-order valence-electron chi connectivity index (χ4n) is 10.2. The molecule has 5 heteroatoms. The summed E-state index contributed by atoms with van der Waals surface area (Å²) in [6.07, 6.45) is 0. The van der Waals surface area contributed by atoms with E-state index in [0.717, 1.165) is 44.8 Å². The van der Waals surface area contributed by atoms with Crippen molar-refractivity contribution >= 4 is 93.3 Å². The number of aromatic nitrogens is 1. The number of para-hydroxylation sites is 1. The molecule has 3 nitrogen and oxygen atoms in total. The van der Waals surface area contributed by atoms with E-state index in [1.54, 1.807) is 0 Å². The normalized spacial score (nSPS) is 12.6. The Morgan fingerprint density at radius 3 is 2.07 bits per heavy atom. The minimum absolute atomic E-state index is 0.0545. The van der Waals surface area contributed by atoms with Gasteiger partial charge in [0, 0.05) is 75.6 Å². The van der Waals surface area contributed by atoms with Crippen molar-refractivity contribution in [3.05, 3.63) is 175 Å². The van der Waals surface area contributed by atoms with Crippen LogP contribution in [0.1, 0.15) is 31.9 Å². The maximum absolute atomic E-state index is 7.01. The Balaban J connectivity index is 1.18. The molecule has 0 amide bonds. The van der Waals surface area contributed by atoms with Gasteiger partial charge in [0.1, 0.15) is 11.3 Å². The number of aryl methyl sites for hydroxylation is 1. The SMILES string of the molecule is CB1c2cc3oc(-c4ccccc4)c(-c4ccccc4)c3cc2-n2c3ccccc3c3c(C)cc(-c4c(Nc5ccc(C(C)(C)C)cc5)ccc5sc6ccccc6c45)c1c32. The Kier molecular flexibility index (Phi) is 7.89. The first-order valence-corrected chi connectivity index (χ1v) is 22.1. The minimum Gasteiger partial charge on any atom is -0.455 e. The number of nitrogens with one attached hydrogen (secondary N) is 1. The summed E-state index contributed by atoms with van der Waals surface area (Å²) in [5, 5.41) is 10.3. The predicted molar refractivity (Wildman–Crippen MR) is 264 cm³/mol. The molecular weight excluding hydrogens is 760 g/mol. The average molecular weight is 803 g/mol. The predicted octanol–water partition coefficient (Wildman–Crippen LogP) is 14.8. The molecule has 0 spiro atoms. The number of thiophene rings is 1. The number of anilines is 2. The molecule has 0 saturated heterocycles. The molecule has 0 saturated carbocycles. The van der Waals surface area contributed by atoms with Crippen LogP contribution in [0.2, 0.25) is 6.82 Å². The molecule has 3 aromatic heterocycles. The number of hydrogen-bond acceptors (Lipinski definition) is 3. The largest absolute Gasteiger partial charge is 0.455 e. The number of furan rings is 1. The third kappa shape index (κ3) is 5.43. The first-order chi connectivity index (χ1) is 29.7. The number of rotatable bonds is 5. The van der Waals surface area contributed by atoms with Crippen molar-refractivity contribution in [3.63, 3.8) is 0 Å². The molecule has 0 fully saturated rings. The van der Waals surface area contributed by atoms with E-state index in [4.69, 9.17) is 4.42 Å². The third-order valence-electron chi connectivity index (χ3n) is 13.1. The molecule has 1 N–H and O–H groups in total. The van der Waals surface area contributed by atoms with Crippen LogP contribution in [-0.2, 0) is 5.41 Å². The minimum atomic E-state index is 0.0545. The Hall–Kier alpha value is -6.82. The highest BCUT2D eigenvalue weighted by Crippen LogP contribution is 2.48. The van der Waals surface area contributed by atoms with Gasteiger partial charge in [-0.1, -0.05) is 143 Å². The molecule has 11 aromatic rings. The van der Waals surface area contributed by atoms with Crippen LogP contribution in [0.3, 0.4) is 0 Å². The van der Waals surface area contributed by atoms with Crippen molar-refractivity contribution < 1.29 is 4.42 Å². The van der Waals surface area contributed by atoms with Crippen molar-refractivity contribution in [2.24, 2.45) is 0 Å². The van der Waals surface area contributed by atoms with E-state index in [0.29, 0.717) is 0 Å². The van der Waals surface area contributed by atoms with E-state index < -0.39 is 0 Å². The lowest BCUT2D eigenvalue weighted by Crippen LogP contribution is -2.46. The highest BCUT2D eigenvalue weighted by atomic mass is 32.1. The summed E-state index contributed by atoms with van der Waals surface area (Å²) in [4.78, 5) is 0. The van der Waals surface area contributed by atoms with E-state index in [1.165, 1.54) is 80.8 Å². The van der Waals surface area contributed by atoms with Crippen molar-refractivity contribution in [1.29, 1.82) is 0 Å². The number of benzene rings is 8. The Morgan fingerprint density at radius 2 is 1.31 bits per heavy atom. The van der Waals surface area contributed by atoms with Crippen LogP contribution in [0.15, 0.2) is 168 Å². The highest BCUT2D eigenvalue weighted by molar-refractivity contribution is 7.26. The van der Waals surface area contributed by atoms with Crippen molar-refractivity contribution in [2.75, 3.05) is 5.32 Å². The van der Waals surface area contributed by atoms with Crippen LogP contribution in [0.4, 0.5) is 11.4 Å². The fourth-order valence-corrected chi connectivity index (χ4v) is 11.3. The van der Waals surface area contributed by atoms with Gasteiger partial charge in [-0.05, 0) is 94.0 Å². The summed E-state index contributed by atoms with van der Waals surface area (Å²) in [6.45, 7) is 11.6. The standard InChI is InChI=1S/C56H43BN2OS/c1-33-30-41(51-43(58-37-26-24-36(25-27-37)56(2,3)4)28-29-48-52(51)39-21-13-15-23-47(39)61-48)53-54-49(33)38-20-12-14-22-44(38)59(54)45-31-40-46(32-42(45)57(53)5)60-55(35-18-10-7-11-19-35)50(40)34-16-8-6-9-17-34/h6-32,58H,1-5H3. The van der Waals surface area contributed by atoms with E-state index in [9.17, 15) is 0 Å². The number of hydrogen-bond donors (Lipinski definition) is 1. The first kappa shape index (κ1) is 36.1. The van der Waals surface area contributed by atoms with E-state index in [2.05, 4.69) is 208 Å². The monoisotopic (exact) mass is 802 g/mol. The van der Waals surface area contributed by atoms with Crippen LogP contribution >= 0.6 is 11.3 Å². The third-order valence-corrected chi connectivity index (χ3v) is 14.2. The summed E-state index contributed by atoms with van der Waals surface area (Å²) in [6, 6.07) is 60.0. The highest BCUT2D eigenvalue weighted by Gasteiger charge is 2.35. The van der Waals surface area contributed by atoms with Gasteiger partial charge in [-0.15, -0.1) is 11.3 Å². The Labute approximate surface area is 360 Å². The molecule has 0 bridgehead atoms. The zero-order valence-electron chi connectivity index (χ0n) is 34.9. The van der Waals surface area contributed by atoms with Gasteiger partial charge >= 0.3 is 0 Å². The van der Waals surface area contributed by atoms with Crippen LogP contribution in [-0.4, -0.2) is 11.3 Å². The first-order valence-electron chi connectivity index (χ1n) is 21.3. The van der Waals surface area contributed by atoms with E-state index in [-0.39, 0.29) is 12.1 Å². The summed E-state index contributed by atoms with van der Waals surface area (Å²) in [5.41, 5.74) is 18.0. The lowest BCUT2D eigenvalue weighted by molar-refractivity contribution is 0.590. The summed E-state index contributed by atoms with van der Waals surface area (Å²) in [5.74, 6) is 0.899. The van der Waals surface area contributed by atoms with Crippen LogP contribution in [0.5, 0.6) is 0 Å². The molecule has 0 aliphatic carbocycles. The summed E-state index contributed by atoms with van der Waals surface area (Å²) in [7, 11) is 0. The molecule has 8 aromatic carbocycles. The Bertz CT molecular complexity index is 3550. The zero-order chi connectivity index (χ0) is 41.1. The van der Waals surface area contributed by atoms with Gasteiger partial charge in [0.25, 0.3) is 0 Å². The number of nitrogens with zero attached hydrogens (tertiary/aromatic N) is 1. The van der Waals surface area contributed by atoms with E-state index >= 15 is 0 Å². The second-order valence-corrected chi connectivity index (χ2v) is 18.9. The van der Waals surface area contributed by atoms with Gasteiger partial charge in [0.15, 0.2) is 0 Å². The smallest absolute Gasteiger partial charge is 0.212 e. The topological polar surface area (TPSA) is 30.1 Å². The maximum atomic E-state index is 7.01. The summed E-state index contributed by atoms with van der Waals surface area (Å²) < 4.78 is 12.2. The fraction of sp³-hybridized carbons (Fsp3) is 0.107. The van der Waals surface area contributed by atoms with Gasteiger partial charge in [-0.3, -0.25) is 0 Å². The van der Waals surface area contributed by atoms with Gasteiger partial charge < -0.3 is 14.3 Å². The Morgan fingerprint density at radius 1 is 0.623 bits per heavy atom.